The van der Waals surface area contributed by atoms with Gasteiger partial charge in [0.15, 0.2) is 0 Å². The van der Waals surface area contributed by atoms with Crippen LogP contribution in [0.25, 0.3) is 10.6 Å². The largest absolute Gasteiger partial charge is 0.497 e. The lowest BCUT2D eigenvalue weighted by Crippen LogP contribution is -1.86. The molecule has 4 heteroatoms. The molecule has 0 unspecified atom stereocenters. The van der Waals surface area contributed by atoms with Crippen LogP contribution in [-0.4, -0.2) is 12.1 Å². The average Bonchev–Trinajstić information content (AvgIpc) is 2.64. The Bertz CT molecular complexity index is 481. The van der Waals surface area contributed by atoms with Gasteiger partial charge >= 0.3 is 0 Å². The van der Waals surface area contributed by atoms with Gasteiger partial charge in [0.2, 0.25) is 0 Å². The first-order valence-corrected chi connectivity index (χ1v) is 6.14. The van der Waals surface area contributed by atoms with Crippen molar-refractivity contribution < 1.29 is 4.74 Å². The van der Waals surface area contributed by atoms with Gasteiger partial charge in [-0.15, -0.1) is 11.3 Å². The summed E-state index contributed by atoms with van der Waals surface area (Å²) in [5.74, 6) is 0.881. The van der Waals surface area contributed by atoms with Crippen LogP contribution in [0.4, 0.5) is 0 Å². The van der Waals surface area contributed by atoms with E-state index in [1.165, 1.54) is 5.56 Å². The maximum atomic E-state index is 5.16. The molecule has 1 aromatic carbocycles. The highest BCUT2D eigenvalue weighted by atomic mass is 79.9. The number of ether oxygens (including phenoxy) is 1. The Balaban J connectivity index is 2.45. The molecule has 0 saturated heterocycles. The van der Waals surface area contributed by atoms with Gasteiger partial charge < -0.3 is 4.74 Å². The molecule has 0 aliphatic heterocycles. The fourth-order valence-electron chi connectivity index (χ4n) is 1.38. The van der Waals surface area contributed by atoms with Crippen molar-refractivity contribution in [3.63, 3.8) is 0 Å². The van der Waals surface area contributed by atoms with Gasteiger partial charge in [-0.25, -0.2) is 4.98 Å². The molecule has 78 valence electrons. The molecule has 1 heterocycles. The molecule has 0 aliphatic carbocycles. The number of hydrogen-bond acceptors (Lipinski definition) is 3. The van der Waals surface area contributed by atoms with Crippen molar-refractivity contribution in [1.29, 1.82) is 0 Å². The Morgan fingerprint density at radius 3 is 2.73 bits per heavy atom. The lowest BCUT2D eigenvalue weighted by atomic mass is 10.1. The predicted octanol–water partition coefficient (Wildman–Crippen LogP) is 3.89. The summed E-state index contributed by atoms with van der Waals surface area (Å²) in [4.78, 5) is 4.39. The molecule has 2 aromatic rings. The van der Waals surface area contributed by atoms with Crippen molar-refractivity contribution in [2.24, 2.45) is 0 Å². The number of aryl methyl sites for hydroxylation is 1. The van der Waals surface area contributed by atoms with Gasteiger partial charge in [-0.2, -0.15) is 0 Å². The molecule has 0 spiro atoms. The van der Waals surface area contributed by atoms with E-state index < -0.39 is 0 Å². The van der Waals surface area contributed by atoms with Crippen molar-refractivity contribution in [3.8, 4) is 16.3 Å². The van der Waals surface area contributed by atoms with Crippen molar-refractivity contribution in [1.82, 2.24) is 4.98 Å². The topological polar surface area (TPSA) is 22.1 Å². The first-order valence-electron chi connectivity index (χ1n) is 4.47. The Morgan fingerprint density at radius 1 is 1.40 bits per heavy atom. The molecule has 2 nitrogen and oxygen atoms in total. The summed E-state index contributed by atoms with van der Waals surface area (Å²) < 4.78 is 6.05. The Labute approximate surface area is 101 Å². The van der Waals surface area contributed by atoms with Gasteiger partial charge in [-0.3, -0.25) is 0 Å². The number of methoxy groups -OCH3 is 1. The van der Waals surface area contributed by atoms with E-state index >= 15 is 0 Å². The third-order valence-electron chi connectivity index (χ3n) is 2.14. The van der Waals surface area contributed by atoms with E-state index in [-0.39, 0.29) is 0 Å². The fraction of sp³-hybridized carbons (Fsp3) is 0.182. The summed E-state index contributed by atoms with van der Waals surface area (Å²) in [5, 5.41) is 3.01. The highest BCUT2D eigenvalue weighted by molar-refractivity contribution is 9.10. The van der Waals surface area contributed by atoms with Crippen LogP contribution in [0.5, 0.6) is 5.75 Å². The van der Waals surface area contributed by atoms with E-state index in [1.54, 1.807) is 18.4 Å². The number of rotatable bonds is 2. The minimum atomic E-state index is 0.881. The molecule has 0 radical (unpaired) electrons. The predicted molar refractivity (Wildman–Crippen MR) is 66.5 cm³/mol. The molecule has 0 bridgehead atoms. The smallest absolute Gasteiger partial charge is 0.124 e. The Morgan fingerprint density at radius 2 is 2.20 bits per heavy atom. The molecular weight excluding hydrogens is 274 g/mol. The maximum Gasteiger partial charge on any atom is 0.124 e. The number of thiazole rings is 1. The zero-order valence-electron chi connectivity index (χ0n) is 8.45. The number of halogens is 1. The molecule has 1 aromatic heterocycles. The zero-order chi connectivity index (χ0) is 10.8. The summed E-state index contributed by atoms with van der Waals surface area (Å²) in [6, 6.07) is 6.02. The maximum absolute atomic E-state index is 5.16. The van der Waals surface area contributed by atoms with Crippen molar-refractivity contribution in [3.05, 3.63) is 33.7 Å². The van der Waals surface area contributed by atoms with Crippen LogP contribution < -0.4 is 4.74 Å². The quantitative estimate of drug-likeness (QED) is 0.834. The molecule has 0 fully saturated rings. The van der Waals surface area contributed by atoms with Crippen LogP contribution in [0.1, 0.15) is 5.56 Å². The van der Waals surface area contributed by atoms with E-state index in [1.807, 2.05) is 23.6 Å². The van der Waals surface area contributed by atoms with E-state index in [2.05, 4.69) is 27.8 Å². The SMILES string of the molecule is COc1ccc(-c2nc(Br)cs2)c(C)c1. The molecule has 0 saturated carbocycles. The van der Waals surface area contributed by atoms with Crippen molar-refractivity contribution in [2.75, 3.05) is 7.11 Å². The first-order chi connectivity index (χ1) is 7.20. The Hall–Kier alpha value is -0.870. The number of benzene rings is 1. The molecule has 0 N–H and O–H groups in total. The van der Waals surface area contributed by atoms with E-state index in [0.29, 0.717) is 0 Å². The molecule has 15 heavy (non-hydrogen) atoms. The van der Waals surface area contributed by atoms with Crippen LogP contribution in [0, 0.1) is 6.92 Å². The zero-order valence-corrected chi connectivity index (χ0v) is 10.9. The standard InChI is InChI=1S/C11H10BrNOS/c1-7-5-8(14-2)3-4-9(7)11-13-10(12)6-15-11/h3-6H,1-2H3. The highest BCUT2D eigenvalue weighted by Gasteiger charge is 2.06. The second-order valence-electron chi connectivity index (χ2n) is 3.16. The monoisotopic (exact) mass is 283 g/mol. The number of nitrogens with zero attached hydrogens (tertiary/aromatic N) is 1. The summed E-state index contributed by atoms with van der Waals surface area (Å²) in [7, 11) is 1.68. The number of aromatic nitrogens is 1. The van der Waals surface area contributed by atoms with Gasteiger partial charge in [-0.1, -0.05) is 0 Å². The lowest BCUT2D eigenvalue weighted by Gasteiger charge is -2.05. The lowest BCUT2D eigenvalue weighted by molar-refractivity contribution is 0.414. The van der Waals surface area contributed by atoms with E-state index in [4.69, 9.17) is 4.74 Å². The van der Waals surface area contributed by atoms with Gasteiger partial charge in [0.1, 0.15) is 15.4 Å². The third-order valence-corrected chi connectivity index (χ3v) is 3.73. The van der Waals surface area contributed by atoms with Gasteiger partial charge in [0, 0.05) is 10.9 Å². The van der Waals surface area contributed by atoms with Crippen LogP contribution in [0.2, 0.25) is 0 Å². The van der Waals surface area contributed by atoms with Gasteiger partial charge in [0.25, 0.3) is 0 Å². The fourth-order valence-corrected chi connectivity index (χ4v) is 2.72. The average molecular weight is 284 g/mol. The van der Waals surface area contributed by atoms with Crippen molar-refractivity contribution in [2.45, 2.75) is 6.92 Å². The summed E-state index contributed by atoms with van der Waals surface area (Å²) in [6.07, 6.45) is 0. The second-order valence-corrected chi connectivity index (χ2v) is 4.83. The second kappa shape index (κ2) is 4.33. The highest BCUT2D eigenvalue weighted by Crippen LogP contribution is 2.30. The van der Waals surface area contributed by atoms with Crippen LogP contribution in [0.3, 0.4) is 0 Å². The summed E-state index contributed by atoms with van der Waals surface area (Å²) >= 11 is 4.99. The Kier molecular flexibility index (Phi) is 3.07. The van der Waals surface area contributed by atoms with Gasteiger partial charge in [-0.05, 0) is 46.6 Å². The van der Waals surface area contributed by atoms with Crippen LogP contribution >= 0.6 is 27.3 Å². The van der Waals surface area contributed by atoms with Crippen molar-refractivity contribution >= 4 is 27.3 Å². The minimum absolute atomic E-state index is 0.881. The molecule has 0 atom stereocenters. The van der Waals surface area contributed by atoms with Crippen LogP contribution in [0.15, 0.2) is 28.2 Å². The number of hydrogen-bond donors (Lipinski definition) is 0. The van der Waals surface area contributed by atoms with Crippen LogP contribution in [-0.2, 0) is 0 Å². The minimum Gasteiger partial charge on any atom is -0.497 e. The molecule has 2 rings (SSSR count). The molecular formula is C11H10BrNOS. The summed E-state index contributed by atoms with van der Waals surface area (Å²) in [5.41, 5.74) is 2.34. The first kappa shape index (κ1) is 10.6. The summed E-state index contributed by atoms with van der Waals surface area (Å²) in [6.45, 7) is 2.06. The van der Waals surface area contributed by atoms with E-state index in [9.17, 15) is 0 Å². The third kappa shape index (κ3) is 2.21. The molecule has 0 amide bonds. The molecule has 0 aliphatic rings. The van der Waals surface area contributed by atoms with Gasteiger partial charge in [0.05, 0.1) is 7.11 Å². The van der Waals surface area contributed by atoms with E-state index in [0.717, 1.165) is 20.9 Å². The normalized spacial score (nSPS) is 10.3.